The van der Waals surface area contributed by atoms with Gasteiger partial charge in [0.2, 0.25) is 0 Å². The van der Waals surface area contributed by atoms with Crippen LogP contribution in [0.1, 0.15) is 61.2 Å². The van der Waals surface area contributed by atoms with Gasteiger partial charge in [-0.3, -0.25) is 0 Å². The van der Waals surface area contributed by atoms with Gasteiger partial charge in [0, 0.05) is 25.2 Å². The van der Waals surface area contributed by atoms with Crippen LogP contribution in [-0.4, -0.2) is 70.8 Å². The smallest absolute Gasteiger partial charge is 0.444 e. The Labute approximate surface area is 208 Å². The number of fused-ring (bicyclic) bond motifs is 1. The predicted octanol–water partition coefficient (Wildman–Crippen LogP) is 4.06. The van der Waals surface area contributed by atoms with E-state index in [0.717, 1.165) is 5.52 Å². The van der Waals surface area contributed by atoms with Crippen molar-refractivity contribution in [3.63, 3.8) is 0 Å². The van der Waals surface area contributed by atoms with Crippen molar-refractivity contribution in [2.75, 3.05) is 20.2 Å². The van der Waals surface area contributed by atoms with Crippen LogP contribution < -0.4 is 5.46 Å². The topological polar surface area (TPSA) is 75.0 Å². The minimum Gasteiger partial charge on any atom is -0.444 e. The van der Waals surface area contributed by atoms with Crippen LogP contribution >= 0.6 is 0 Å². The number of carbonyl (C=O) groups is 1. The Morgan fingerprint density at radius 2 is 1.83 bits per heavy atom. The van der Waals surface area contributed by atoms with Crippen molar-refractivity contribution in [3.05, 3.63) is 23.8 Å². The number of benzene rings is 1. The predicted molar refractivity (Wildman–Crippen MR) is 134 cm³/mol. The van der Waals surface area contributed by atoms with E-state index >= 15 is 0 Å². The summed E-state index contributed by atoms with van der Waals surface area (Å²) in [5, 5.41) is 0. The molecule has 0 unspecified atom stereocenters. The highest BCUT2D eigenvalue weighted by atomic mass is 19.1. The van der Waals surface area contributed by atoms with Gasteiger partial charge in [0.15, 0.2) is 0 Å². The summed E-state index contributed by atoms with van der Waals surface area (Å²) in [5.41, 5.74) is 0.0937. The molecule has 0 bridgehead atoms. The molecule has 0 radical (unpaired) electrons. The molecule has 1 aliphatic heterocycles. The van der Waals surface area contributed by atoms with E-state index in [1.165, 1.54) is 17.0 Å². The van der Waals surface area contributed by atoms with Crippen molar-refractivity contribution in [2.24, 2.45) is 0 Å². The SMILES string of the molecule is CCO[C@@H](CN(C)C(=O)OC(C)(C)C)Cn1c(C)nc2cc(F)cc(B3OC(C)(C)C(C)(C)O3)c21. The third-order valence-corrected chi connectivity index (χ3v) is 6.51. The van der Waals surface area contributed by atoms with Crippen LogP contribution in [0.15, 0.2) is 12.1 Å². The summed E-state index contributed by atoms with van der Waals surface area (Å²) in [4.78, 5) is 18.6. The van der Waals surface area contributed by atoms with Crippen molar-refractivity contribution in [1.82, 2.24) is 14.5 Å². The van der Waals surface area contributed by atoms with Gasteiger partial charge in [-0.2, -0.15) is 0 Å². The lowest BCUT2D eigenvalue weighted by Gasteiger charge is -2.32. The summed E-state index contributed by atoms with van der Waals surface area (Å²) in [7, 11) is 0.937. The van der Waals surface area contributed by atoms with Gasteiger partial charge in [-0.1, -0.05) is 0 Å². The molecule has 194 valence electrons. The summed E-state index contributed by atoms with van der Waals surface area (Å²) in [5.74, 6) is 0.297. The summed E-state index contributed by atoms with van der Waals surface area (Å²) in [6, 6.07) is 2.86. The third-order valence-electron chi connectivity index (χ3n) is 6.51. The fraction of sp³-hybridized carbons (Fsp3) is 0.680. The number of aromatic nitrogens is 2. The first-order valence-corrected chi connectivity index (χ1v) is 12.1. The van der Waals surface area contributed by atoms with Crippen LogP contribution in [-0.2, 0) is 25.3 Å². The molecular weight excluding hydrogens is 452 g/mol. The molecule has 3 rings (SSSR count). The second-order valence-corrected chi connectivity index (χ2v) is 11.2. The molecular formula is C25H39BFN3O5. The van der Waals surface area contributed by atoms with E-state index in [-0.39, 0.29) is 6.10 Å². The lowest BCUT2D eigenvalue weighted by molar-refractivity contribution is 0.00179. The molecule has 10 heteroatoms. The van der Waals surface area contributed by atoms with Crippen LogP contribution in [0.2, 0.25) is 0 Å². The van der Waals surface area contributed by atoms with Crippen LogP contribution in [0.3, 0.4) is 0 Å². The van der Waals surface area contributed by atoms with Gasteiger partial charge in [-0.05, 0) is 68.4 Å². The summed E-state index contributed by atoms with van der Waals surface area (Å²) < 4.78 is 40.6. The van der Waals surface area contributed by atoms with Crippen molar-refractivity contribution < 1.29 is 28.0 Å². The zero-order valence-electron chi connectivity index (χ0n) is 22.7. The first kappa shape index (κ1) is 27.4. The summed E-state index contributed by atoms with van der Waals surface area (Å²) in [6.07, 6.45) is -0.765. The molecule has 0 spiro atoms. The van der Waals surface area contributed by atoms with Gasteiger partial charge in [0.05, 0.1) is 41.4 Å². The number of amides is 1. The molecule has 1 atom stereocenters. The maximum Gasteiger partial charge on any atom is 0.497 e. The first-order valence-electron chi connectivity index (χ1n) is 12.1. The van der Waals surface area contributed by atoms with Crippen LogP contribution in [0, 0.1) is 12.7 Å². The van der Waals surface area contributed by atoms with Crippen LogP contribution in [0.5, 0.6) is 0 Å². The van der Waals surface area contributed by atoms with Crippen molar-refractivity contribution in [2.45, 2.75) is 91.8 Å². The number of aryl methyl sites for hydroxylation is 1. The Bertz CT molecular complexity index is 1060. The number of hydrogen-bond donors (Lipinski definition) is 0. The average Bonchev–Trinajstić information content (AvgIpc) is 3.11. The minimum absolute atomic E-state index is 0.314. The normalized spacial score (nSPS) is 18.2. The van der Waals surface area contributed by atoms with E-state index in [2.05, 4.69) is 4.98 Å². The van der Waals surface area contributed by atoms with E-state index < -0.39 is 35.8 Å². The fourth-order valence-corrected chi connectivity index (χ4v) is 4.08. The van der Waals surface area contributed by atoms with Crippen molar-refractivity contribution >= 4 is 29.7 Å². The molecule has 2 aromatic rings. The molecule has 1 aromatic carbocycles. The molecule has 1 saturated heterocycles. The van der Waals surface area contributed by atoms with Gasteiger partial charge in [0.25, 0.3) is 0 Å². The van der Waals surface area contributed by atoms with E-state index in [0.29, 0.717) is 36.5 Å². The molecule has 1 aliphatic rings. The largest absolute Gasteiger partial charge is 0.497 e. The Morgan fingerprint density at radius 1 is 1.23 bits per heavy atom. The van der Waals surface area contributed by atoms with Crippen LogP contribution in [0.25, 0.3) is 11.0 Å². The quantitative estimate of drug-likeness (QED) is 0.544. The van der Waals surface area contributed by atoms with E-state index in [1.807, 2.05) is 66.9 Å². The highest BCUT2D eigenvalue weighted by Crippen LogP contribution is 2.37. The summed E-state index contributed by atoms with van der Waals surface area (Å²) in [6.45, 7) is 18.3. The standard InChI is InChI=1S/C25H39BFN3O5/c1-11-32-18(14-29(10)22(31)33-23(3,4)5)15-30-16(2)28-20-13-17(27)12-19(21(20)30)26-34-24(6,7)25(8,9)35-26/h12-13,18H,11,14-15H2,1-10H3/t18-/m0/s1. The number of halogens is 1. The average molecular weight is 491 g/mol. The van der Waals surface area contributed by atoms with Gasteiger partial charge in [-0.25, -0.2) is 14.2 Å². The molecule has 1 amide bonds. The second-order valence-electron chi connectivity index (χ2n) is 11.2. The lowest BCUT2D eigenvalue weighted by atomic mass is 9.78. The Kier molecular flexibility index (Phi) is 7.61. The van der Waals surface area contributed by atoms with Crippen LogP contribution in [0.4, 0.5) is 9.18 Å². The minimum atomic E-state index is -0.747. The molecule has 1 aromatic heterocycles. The van der Waals surface area contributed by atoms with Gasteiger partial charge in [0.1, 0.15) is 17.2 Å². The van der Waals surface area contributed by atoms with Crippen molar-refractivity contribution in [3.8, 4) is 0 Å². The zero-order chi connectivity index (χ0) is 26.3. The third kappa shape index (κ3) is 5.98. The molecule has 0 N–H and O–H groups in total. The number of ether oxygens (including phenoxy) is 2. The highest BCUT2D eigenvalue weighted by Gasteiger charge is 2.52. The lowest BCUT2D eigenvalue weighted by Crippen LogP contribution is -2.41. The number of hydrogen-bond acceptors (Lipinski definition) is 6. The van der Waals surface area contributed by atoms with Gasteiger partial charge in [-0.15, -0.1) is 0 Å². The van der Waals surface area contributed by atoms with Gasteiger partial charge >= 0.3 is 13.2 Å². The monoisotopic (exact) mass is 491 g/mol. The summed E-state index contributed by atoms with van der Waals surface area (Å²) >= 11 is 0. The van der Waals surface area contributed by atoms with E-state index in [4.69, 9.17) is 18.8 Å². The molecule has 8 nitrogen and oxygen atoms in total. The number of rotatable bonds is 7. The van der Waals surface area contributed by atoms with E-state index in [1.54, 1.807) is 7.05 Å². The number of carbonyl (C=O) groups excluding carboxylic acids is 1. The number of likely N-dealkylation sites (N-methyl/N-ethyl adjacent to an activating group) is 1. The van der Waals surface area contributed by atoms with E-state index in [9.17, 15) is 9.18 Å². The molecule has 1 fully saturated rings. The number of imidazole rings is 1. The first-order chi connectivity index (χ1) is 16.0. The fourth-order valence-electron chi connectivity index (χ4n) is 4.08. The Hall–Kier alpha value is -2.17. The Balaban J connectivity index is 1.96. The molecule has 35 heavy (non-hydrogen) atoms. The maximum absolute atomic E-state index is 14.6. The Morgan fingerprint density at radius 3 is 2.37 bits per heavy atom. The van der Waals surface area contributed by atoms with Gasteiger partial charge < -0.3 is 28.2 Å². The van der Waals surface area contributed by atoms with Crippen molar-refractivity contribution in [1.29, 1.82) is 0 Å². The zero-order valence-corrected chi connectivity index (χ0v) is 22.7. The molecule has 0 saturated carbocycles. The molecule has 2 heterocycles. The highest BCUT2D eigenvalue weighted by molar-refractivity contribution is 6.65. The number of nitrogens with zero attached hydrogens (tertiary/aromatic N) is 3. The molecule has 0 aliphatic carbocycles. The maximum atomic E-state index is 14.6. The second kappa shape index (κ2) is 9.71.